The van der Waals surface area contributed by atoms with Crippen LogP contribution < -0.4 is 0 Å². The molecule has 0 bridgehead atoms. The lowest BCUT2D eigenvalue weighted by Crippen LogP contribution is -2.51. The molecule has 2 N–H and O–H groups in total. The zero-order valence-corrected chi connectivity index (χ0v) is 12.3. The molecule has 0 radical (unpaired) electrons. The molecule has 0 aromatic carbocycles. The van der Waals surface area contributed by atoms with E-state index in [0.717, 1.165) is 0 Å². The minimum absolute atomic E-state index is 0.0380. The van der Waals surface area contributed by atoms with Gasteiger partial charge >= 0.3 is 11.9 Å². The van der Waals surface area contributed by atoms with Gasteiger partial charge in [-0.2, -0.15) is 0 Å². The third kappa shape index (κ3) is 2.08. The number of rotatable bonds is 2. The molecule has 0 aromatic rings. The van der Waals surface area contributed by atoms with Crippen molar-refractivity contribution in [3.8, 4) is 0 Å². The normalized spacial score (nSPS) is 41.1. The Labute approximate surface area is 127 Å². The number of allylic oxidation sites excluding steroid dienone is 1. The van der Waals surface area contributed by atoms with Crippen molar-refractivity contribution >= 4 is 11.9 Å². The quantitative estimate of drug-likeness (QED) is 0.525. The van der Waals surface area contributed by atoms with Gasteiger partial charge in [-0.05, 0) is 19.1 Å². The van der Waals surface area contributed by atoms with Crippen molar-refractivity contribution in [2.24, 2.45) is 17.8 Å². The van der Waals surface area contributed by atoms with Gasteiger partial charge in [0.2, 0.25) is 0 Å². The number of aliphatic hydroxyl groups excluding tert-OH is 2. The van der Waals surface area contributed by atoms with Crippen LogP contribution in [0.1, 0.15) is 6.92 Å². The molecule has 1 spiro atoms. The largest absolute Gasteiger partial charge is 0.469 e. The van der Waals surface area contributed by atoms with Gasteiger partial charge in [-0.15, -0.1) is 0 Å². The topological polar surface area (TPSA) is 102 Å². The van der Waals surface area contributed by atoms with Gasteiger partial charge in [0.1, 0.15) is 0 Å². The van der Waals surface area contributed by atoms with Crippen LogP contribution in [0.15, 0.2) is 23.8 Å². The van der Waals surface area contributed by atoms with Gasteiger partial charge in [-0.25, -0.2) is 4.79 Å². The number of carbonyl (C=O) groups is 2. The van der Waals surface area contributed by atoms with Gasteiger partial charge in [-0.1, -0.05) is 6.08 Å². The Balaban J connectivity index is 1.96. The fraction of sp³-hybridized carbons (Fsp3) is 0.600. The Hall–Kier alpha value is -1.70. The maximum absolute atomic E-state index is 11.9. The van der Waals surface area contributed by atoms with E-state index in [2.05, 4.69) is 0 Å². The number of ether oxygens (including phenoxy) is 3. The van der Waals surface area contributed by atoms with Crippen molar-refractivity contribution in [2.45, 2.75) is 24.9 Å². The monoisotopic (exact) mass is 310 g/mol. The van der Waals surface area contributed by atoms with Gasteiger partial charge in [0.15, 0.2) is 11.9 Å². The Morgan fingerprint density at radius 2 is 2.27 bits per heavy atom. The van der Waals surface area contributed by atoms with Crippen LogP contribution in [0.2, 0.25) is 0 Å². The number of carbonyl (C=O) groups excluding carboxylic acids is 2. The van der Waals surface area contributed by atoms with Crippen molar-refractivity contribution in [2.75, 3.05) is 13.7 Å². The van der Waals surface area contributed by atoms with E-state index >= 15 is 0 Å². The number of esters is 2. The van der Waals surface area contributed by atoms with Gasteiger partial charge in [0.05, 0.1) is 37.2 Å². The zero-order valence-electron chi connectivity index (χ0n) is 12.3. The van der Waals surface area contributed by atoms with Gasteiger partial charge in [-0.3, -0.25) is 4.79 Å². The number of hydrogen-bond donors (Lipinski definition) is 2. The maximum atomic E-state index is 11.9. The highest BCUT2D eigenvalue weighted by atomic mass is 16.6. The highest BCUT2D eigenvalue weighted by Gasteiger charge is 2.59. The highest BCUT2D eigenvalue weighted by molar-refractivity contribution is 5.93. The second kappa shape index (κ2) is 5.19. The molecule has 1 fully saturated rings. The smallest absolute Gasteiger partial charge is 0.337 e. The van der Waals surface area contributed by atoms with Crippen LogP contribution in [0, 0.1) is 17.8 Å². The minimum Gasteiger partial charge on any atom is -0.469 e. The van der Waals surface area contributed by atoms with E-state index in [1.54, 1.807) is 12.2 Å². The predicted molar refractivity (Wildman–Crippen MR) is 72.2 cm³/mol. The first-order valence-corrected chi connectivity index (χ1v) is 7.10. The molecule has 0 saturated carbocycles. The Morgan fingerprint density at radius 3 is 2.86 bits per heavy atom. The molecule has 22 heavy (non-hydrogen) atoms. The maximum Gasteiger partial charge on any atom is 0.337 e. The summed E-state index contributed by atoms with van der Waals surface area (Å²) in [4.78, 5) is 23.8. The highest BCUT2D eigenvalue weighted by Crippen LogP contribution is 2.49. The summed E-state index contributed by atoms with van der Waals surface area (Å²) in [5.41, 5.74) is -1.06. The molecule has 7 heteroatoms. The molecule has 7 nitrogen and oxygen atoms in total. The summed E-state index contributed by atoms with van der Waals surface area (Å²) >= 11 is 0. The van der Waals surface area contributed by atoms with E-state index in [1.165, 1.54) is 20.1 Å². The molecule has 2 aliphatic heterocycles. The van der Waals surface area contributed by atoms with E-state index < -0.39 is 41.8 Å². The molecule has 6 atom stereocenters. The molecule has 0 amide bonds. The van der Waals surface area contributed by atoms with Crippen molar-refractivity contribution in [3.05, 3.63) is 23.8 Å². The number of hydrogen-bond acceptors (Lipinski definition) is 7. The lowest BCUT2D eigenvalue weighted by molar-refractivity contribution is -0.221. The molecule has 1 saturated heterocycles. The fourth-order valence-electron chi connectivity index (χ4n) is 3.47. The molecular weight excluding hydrogens is 292 g/mol. The lowest BCUT2D eigenvalue weighted by Gasteiger charge is -2.40. The van der Waals surface area contributed by atoms with Gasteiger partial charge in [0.25, 0.3) is 0 Å². The first-order valence-electron chi connectivity index (χ1n) is 7.10. The van der Waals surface area contributed by atoms with Crippen LogP contribution in [0.4, 0.5) is 0 Å². The van der Waals surface area contributed by atoms with E-state index in [1.807, 2.05) is 0 Å². The fourth-order valence-corrected chi connectivity index (χ4v) is 3.47. The summed E-state index contributed by atoms with van der Waals surface area (Å²) in [6.07, 6.45) is 2.74. The van der Waals surface area contributed by atoms with Crippen molar-refractivity contribution in [1.29, 1.82) is 0 Å². The third-order valence-corrected chi connectivity index (χ3v) is 4.57. The molecule has 2 heterocycles. The minimum atomic E-state index is -1.19. The van der Waals surface area contributed by atoms with Crippen LogP contribution in [0.3, 0.4) is 0 Å². The molecule has 0 aromatic heterocycles. The number of fused-ring (bicyclic) bond motifs is 2. The summed E-state index contributed by atoms with van der Waals surface area (Å²) in [6.45, 7) is 1.50. The molecular formula is C15H18O7. The van der Waals surface area contributed by atoms with Crippen LogP contribution in [-0.4, -0.2) is 53.9 Å². The van der Waals surface area contributed by atoms with Crippen LogP contribution in [-0.2, 0) is 23.8 Å². The number of methoxy groups -OCH3 is 1. The van der Waals surface area contributed by atoms with Crippen LogP contribution in [0.5, 0.6) is 0 Å². The third-order valence-electron chi connectivity index (χ3n) is 4.57. The Kier molecular flexibility index (Phi) is 3.58. The summed E-state index contributed by atoms with van der Waals surface area (Å²) in [7, 11) is 1.29. The second-order valence-corrected chi connectivity index (χ2v) is 5.83. The molecule has 0 unspecified atom stereocenters. The van der Waals surface area contributed by atoms with Crippen LogP contribution in [0.25, 0.3) is 0 Å². The van der Waals surface area contributed by atoms with Crippen molar-refractivity contribution in [3.63, 3.8) is 0 Å². The van der Waals surface area contributed by atoms with Gasteiger partial charge < -0.3 is 24.4 Å². The van der Waals surface area contributed by atoms with E-state index in [9.17, 15) is 19.8 Å². The Morgan fingerprint density at radius 1 is 1.55 bits per heavy atom. The van der Waals surface area contributed by atoms with Gasteiger partial charge in [0, 0.05) is 5.92 Å². The first kappa shape index (κ1) is 15.2. The molecule has 1 aliphatic carbocycles. The summed E-state index contributed by atoms with van der Waals surface area (Å²) in [5, 5.41) is 19.8. The van der Waals surface area contributed by atoms with Crippen LogP contribution >= 0.6 is 0 Å². The average Bonchev–Trinajstić information content (AvgIpc) is 3.01. The zero-order chi connectivity index (χ0) is 16.1. The van der Waals surface area contributed by atoms with E-state index in [-0.39, 0.29) is 18.1 Å². The standard InChI is InChI=1S/C15H18O7/c1-7(16)9-5-15(22-13(9)18)4-3-8-10(12(17)20-2)6-21-14(19)11(8)15/h3-5,7-8,10-11,14,16,19H,6H2,1-2H3/t7-,8+,10+,11+,14+,15+/m0/s1. The van der Waals surface area contributed by atoms with E-state index in [0.29, 0.717) is 0 Å². The molecule has 3 aliphatic rings. The molecule has 3 rings (SSSR count). The average molecular weight is 310 g/mol. The summed E-state index contributed by atoms with van der Waals surface area (Å²) < 4.78 is 15.5. The van der Waals surface area contributed by atoms with Crippen molar-refractivity contribution in [1.82, 2.24) is 0 Å². The summed E-state index contributed by atoms with van der Waals surface area (Å²) in [5.74, 6) is -2.66. The Bertz CT molecular complexity index is 564. The molecule has 120 valence electrons. The second-order valence-electron chi connectivity index (χ2n) is 5.83. The predicted octanol–water partition coefficient (Wildman–Crippen LogP) is -0.471. The first-order chi connectivity index (χ1) is 10.4. The summed E-state index contributed by atoms with van der Waals surface area (Å²) in [6, 6.07) is 0. The van der Waals surface area contributed by atoms with E-state index in [4.69, 9.17) is 14.2 Å². The number of aliphatic hydroxyl groups is 2. The SMILES string of the molecule is COC(=O)[C@@H]1CO[C@@H](O)[C@H]2[C@@H]1C=C[C@@]21C=C([C@H](C)O)C(=O)O1. The lowest BCUT2D eigenvalue weighted by atomic mass is 9.75. The van der Waals surface area contributed by atoms with Crippen molar-refractivity contribution < 1.29 is 34.0 Å².